The van der Waals surface area contributed by atoms with Gasteiger partial charge in [-0.15, -0.1) is 0 Å². The van der Waals surface area contributed by atoms with E-state index in [9.17, 15) is 0 Å². The number of benzene rings is 1. The van der Waals surface area contributed by atoms with Crippen LogP contribution in [-0.2, 0) is 12.8 Å². The van der Waals surface area contributed by atoms with Crippen molar-refractivity contribution in [2.45, 2.75) is 51.4 Å². The summed E-state index contributed by atoms with van der Waals surface area (Å²) >= 11 is 5.93. The van der Waals surface area contributed by atoms with Gasteiger partial charge in [-0.2, -0.15) is 0 Å². The quantitative estimate of drug-likeness (QED) is 0.577. The minimum absolute atomic E-state index is 0.698. The van der Waals surface area contributed by atoms with Crippen molar-refractivity contribution in [1.82, 2.24) is 4.98 Å². The zero-order chi connectivity index (χ0) is 16.8. The fraction of sp³-hybridized carbons (Fsp3) is 0.409. The summed E-state index contributed by atoms with van der Waals surface area (Å²) in [7, 11) is 0. The van der Waals surface area contributed by atoms with E-state index in [2.05, 4.69) is 49.5 Å². The molecule has 126 valence electrons. The van der Waals surface area contributed by atoms with Gasteiger partial charge >= 0.3 is 0 Å². The van der Waals surface area contributed by atoms with Crippen molar-refractivity contribution >= 4 is 11.6 Å². The highest BCUT2D eigenvalue weighted by molar-refractivity contribution is 6.30. The lowest BCUT2D eigenvalue weighted by Crippen LogP contribution is -2.12. The Bertz CT molecular complexity index is 649. The molecule has 0 unspecified atom stereocenters. The van der Waals surface area contributed by atoms with Crippen LogP contribution in [0.25, 0.3) is 0 Å². The largest absolute Gasteiger partial charge is 0.261 e. The lowest BCUT2D eigenvalue weighted by atomic mass is 9.79. The van der Waals surface area contributed by atoms with E-state index in [1.165, 1.54) is 42.5 Å². The summed E-state index contributed by atoms with van der Waals surface area (Å²) in [5, 5.41) is 0.797. The second-order valence-electron chi connectivity index (χ2n) is 6.85. The standard InChI is InChI=1S/C22H26ClN/c1-2-3-17-4-9-19(10-5-17)20-11-15-22(24-16-20)14-8-18-6-12-21(23)13-7-18/h2-3,6-7,11-13,15-17,19H,4-5,8-10,14H2,1H3/b3-2+/t17-,19-. The second-order valence-corrected chi connectivity index (χ2v) is 7.28. The van der Waals surface area contributed by atoms with Crippen molar-refractivity contribution in [2.75, 3.05) is 0 Å². The number of rotatable bonds is 5. The second kappa shape index (κ2) is 8.48. The molecule has 1 heterocycles. The van der Waals surface area contributed by atoms with Crippen LogP contribution in [0.1, 0.15) is 55.3 Å². The molecule has 0 atom stereocenters. The zero-order valence-electron chi connectivity index (χ0n) is 14.4. The van der Waals surface area contributed by atoms with Gasteiger partial charge in [0.15, 0.2) is 0 Å². The first-order chi connectivity index (χ1) is 11.7. The lowest BCUT2D eigenvalue weighted by Gasteiger charge is -2.26. The molecule has 1 saturated carbocycles. The minimum Gasteiger partial charge on any atom is -0.261 e. The molecule has 2 heteroatoms. The van der Waals surface area contributed by atoms with Gasteiger partial charge < -0.3 is 0 Å². The number of hydrogen-bond donors (Lipinski definition) is 0. The summed E-state index contributed by atoms with van der Waals surface area (Å²) < 4.78 is 0. The molecule has 0 saturated heterocycles. The molecule has 1 nitrogen and oxygen atoms in total. The Morgan fingerprint density at radius 1 is 1.00 bits per heavy atom. The molecule has 2 aromatic rings. The number of aryl methyl sites for hydroxylation is 2. The van der Waals surface area contributed by atoms with E-state index in [0.717, 1.165) is 23.8 Å². The first-order valence-electron chi connectivity index (χ1n) is 9.06. The summed E-state index contributed by atoms with van der Waals surface area (Å²) in [5.74, 6) is 1.49. The topological polar surface area (TPSA) is 12.9 Å². The number of nitrogens with zero attached hydrogens (tertiary/aromatic N) is 1. The van der Waals surface area contributed by atoms with Crippen LogP contribution >= 0.6 is 11.6 Å². The van der Waals surface area contributed by atoms with Gasteiger partial charge in [0.1, 0.15) is 0 Å². The van der Waals surface area contributed by atoms with E-state index in [4.69, 9.17) is 16.6 Å². The molecule has 1 aromatic heterocycles. The summed E-state index contributed by atoms with van der Waals surface area (Å²) in [4.78, 5) is 4.70. The van der Waals surface area contributed by atoms with Crippen LogP contribution in [0.4, 0.5) is 0 Å². The molecule has 24 heavy (non-hydrogen) atoms. The van der Waals surface area contributed by atoms with E-state index in [0.29, 0.717) is 5.92 Å². The van der Waals surface area contributed by atoms with Crippen molar-refractivity contribution in [2.24, 2.45) is 5.92 Å². The maximum atomic E-state index is 5.93. The van der Waals surface area contributed by atoms with Crippen molar-refractivity contribution in [3.63, 3.8) is 0 Å². The molecular weight excluding hydrogens is 314 g/mol. The van der Waals surface area contributed by atoms with Crippen molar-refractivity contribution < 1.29 is 0 Å². The zero-order valence-corrected chi connectivity index (χ0v) is 15.2. The molecule has 0 radical (unpaired) electrons. The van der Waals surface area contributed by atoms with Gasteiger partial charge in [0.05, 0.1) is 0 Å². The normalized spacial score (nSPS) is 21.2. The number of hydrogen-bond acceptors (Lipinski definition) is 1. The average molecular weight is 340 g/mol. The number of aromatic nitrogens is 1. The van der Waals surface area contributed by atoms with Crippen LogP contribution in [0.5, 0.6) is 0 Å². The summed E-state index contributed by atoms with van der Waals surface area (Å²) in [6, 6.07) is 12.6. The van der Waals surface area contributed by atoms with Crippen LogP contribution < -0.4 is 0 Å². The van der Waals surface area contributed by atoms with Crippen LogP contribution in [0.2, 0.25) is 5.02 Å². The first-order valence-corrected chi connectivity index (χ1v) is 9.44. The van der Waals surface area contributed by atoms with E-state index in [1.807, 2.05) is 12.1 Å². The molecule has 1 fully saturated rings. The van der Waals surface area contributed by atoms with Gasteiger partial charge in [-0.1, -0.05) is 42.0 Å². The summed E-state index contributed by atoms with van der Waals surface area (Å²) in [6.07, 6.45) is 13.9. The Hall–Kier alpha value is -1.60. The SMILES string of the molecule is C/C=C/[C@H]1CC[C@H](c2ccc(CCc3ccc(Cl)cc3)nc2)CC1. The third-order valence-electron chi connectivity index (χ3n) is 5.14. The minimum atomic E-state index is 0.698. The predicted molar refractivity (Wildman–Crippen MR) is 103 cm³/mol. The molecule has 0 aliphatic heterocycles. The summed E-state index contributed by atoms with van der Waals surface area (Å²) in [5.41, 5.74) is 3.91. The van der Waals surface area contributed by atoms with E-state index < -0.39 is 0 Å². The molecule has 0 bridgehead atoms. The lowest BCUT2D eigenvalue weighted by molar-refractivity contribution is 0.375. The molecule has 0 spiro atoms. The van der Waals surface area contributed by atoms with Gasteiger partial charge in [-0.05, 0) is 86.6 Å². The Morgan fingerprint density at radius 2 is 1.75 bits per heavy atom. The molecule has 1 aliphatic rings. The Labute approximate surface area is 150 Å². The van der Waals surface area contributed by atoms with E-state index in [-0.39, 0.29) is 0 Å². The maximum absolute atomic E-state index is 5.93. The first kappa shape index (κ1) is 17.2. The van der Waals surface area contributed by atoms with E-state index >= 15 is 0 Å². The van der Waals surface area contributed by atoms with Gasteiger partial charge in [0.2, 0.25) is 0 Å². The van der Waals surface area contributed by atoms with E-state index in [1.54, 1.807) is 0 Å². The Morgan fingerprint density at radius 3 is 2.38 bits per heavy atom. The van der Waals surface area contributed by atoms with Crippen molar-refractivity contribution in [3.05, 3.63) is 76.6 Å². The van der Waals surface area contributed by atoms with Crippen LogP contribution in [-0.4, -0.2) is 4.98 Å². The summed E-state index contributed by atoms with van der Waals surface area (Å²) in [6.45, 7) is 2.12. The van der Waals surface area contributed by atoms with Crippen molar-refractivity contribution in [1.29, 1.82) is 0 Å². The van der Waals surface area contributed by atoms with Gasteiger partial charge in [0.25, 0.3) is 0 Å². The van der Waals surface area contributed by atoms with Crippen LogP contribution in [0.15, 0.2) is 54.7 Å². The van der Waals surface area contributed by atoms with Gasteiger partial charge in [-0.25, -0.2) is 0 Å². The predicted octanol–water partition coefficient (Wildman–Crippen LogP) is 6.37. The third kappa shape index (κ3) is 4.70. The molecule has 1 aliphatic carbocycles. The Kier molecular flexibility index (Phi) is 6.09. The van der Waals surface area contributed by atoms with Gasteiger partial charge in [0, 0.05) is 16.9 Å². The van der Waals surface area contributed by atoms with Crippen LogP contribution in [0.3, 0.4) is 0 Å². The molecule has 0 amide bonds. The monoisotopic (exact) mass is 339 g/mol. The fourth-order valence-corrected chi connectivity index (χ4v) is 3.79. The maximum Gasteiger partial charge on any atom is 0.0407 e. The fourth-order valence-electron chi connectivity index (χ4n) is 3.67. The Balaban J connectivity index is 1.53. The highest BCUT2D eigenvalue weighted by atomic mass is 35.5. The molecular formula is C22H26ClN. The molecule has 3 rings (SSSR count). The third-order valence-corrected chi connectivity index (χ3v) is 5.39. The number of allylic oxidation sites excluding steroid dienone is 2. The highest BCUT2D eigenvalue weighted by Crippen LogP contribution is 2.36. The van der Waals surface area contributed by atoms with Crippen molar-refractivity contribution in [3.8, 4) is 0 Å². The average Bonchev–Trinajstić information content (AvgIpc) is 2.63. The highest BCUT2D eigenvalue weighted by Gasteiger charge is 2.20. The molecule has 1 aromatic carbocycles. The van der Waals surface area contributed by atoms with Gasteiger partial charge in [-0.3, -0.25) is 4.98 Å². The smallest absolute Gasteiger partial charge is 0.0407 e. The number of pyridine rings is 1. The van der Waals surface area contributed by atoms with Crippen LogP contribution in [0, 0.1) is 5.92 Å². The molecule has 0 N–H and O–H groups in total. The number of halogens is 1.